The molecule has 0 saturated carbocycles. The first kappa shape index (κ1) is 13.5. The van der Waals surface area contributed by atoms with E-state index in [9.17, 15) is 18.4 Å². The Bertz CT molecular complexity index is 238. The predicted octanol–water partition coefficient (Wildman–Crippen LogP) is 1.30. The SMILES string of the molecule is CCOC(=O)C(=O)OCCC=CC(F)F. The standard InChI is InChI=1S/C9H12F2O4/c1-2-14-8(12)9(13)15-6-4-3-5-7(10)11/h3,5,7H,2,4,6H2,1H3. The smallest absolute Gasteiger partial charge is 0.417 e. The highest BCUT2D eigenvalue weighted by Gasteiger charge is 2.15. The molecule has 0 aromatic carbocycles. The van der Waals surface area contributed by atoms with Crippen molar-refractivity contribution in [3.63, 3.8) is 0 Å². The van der Waals surface area contributed by atoms with Crippen LogP contribution in [-0.2, 0) is 19.1 Å². The average molecular weight is 222 g/mol. The third-order valence-corrected chi connectivity index (χ3v) is 1.24. The summed E-state index contributed by atoms with van der Waals surface area (Å²) in [5, 5.41) is 0. The first-order chi connectivity index (χ1) is 7.07. The fourth-order valence-corrected chi connectivity index (χ4v) is 0.668. The summed E-state index contributed by atoms with van der Waals surface area (Å²) in [5.74, 6) is -2.18. The number of carbonyl (C=O) groups is 2. The number of hydrogen-bond donors (Lipinski definition) is 0. The van der Waals surface area contributed by atoms with Gasteiger partial charge in [0.25, 0.3) is 6.43 Å². The van der Waals surface area contributed by atoms with Gasteiger partial charge in [-0.15, -0.1) is 0 Å². The van der Waals surface area contributed by atoms with Crippen LogP contribution in [0.1, 0.15) is 13.3 Å². The van der Waals surface area contributed by atoms with Crippen molar-refractivity contribution in [1.29, 1.82) is 0 Å². The minimum Gasteiger partial charge on any atom is -0.458 e. The zero-order valence-corrected chi connectivity index (χ0v) is 8.24. The van der Waals surface area contributed by atoms with Gasteiger partial charge in [0, 0.05) is 0 Å². The van der Waals surface area contributed by atoms with E-state index in [0.29, 0.717) is 6.08 Å². The lowest BCUT2D eigenvalue weighted by Gasteiger charge is -2.01. The Morgan fingerprint density at radius 2 is 1.87 bits per heavy atom. The van der Waals surface area contributed by atoms with Crippen LogP contribution in [0.15, 0.2) is 12.2 Å². The fraction of sp³-hybridized carbons (Fsp3) is 0.556. The molecule has 0 saturated heterocycles. The van der Waals surface area contributed by atoms with Gasteiger partial charge in [-0.05, 0) is 19.4 Å². The van der Waals surface area contributed by atoms with Gasteiger partial charge >= 0.3 is 11.9 Å². The third kappa shape index (κ3) is 7.60. The molecular formula is C9H12F2O4. The molecule has 6 heteroatoms. The third-order valence-electron chi connectivity index (χ3n) is 1.24. The number of carbonyl (C=O) groups excluding carboxylic acids is 2. The molecule has 0 radical (unpaired) electrons. The number of rotatable bonds is 5. The lowest BCUT2D eigenvalue weighted by Crippen LogP contribution is -2.20. The first-order valence-corrected chi connectivity index (χ1v) is 4.36. The quantitative estimate of drug-likeness (QED) is 0.304. The fourth-order valence-electron chi connectivity index (χ4n) is 0.668. The average Bonchev–Trinajstić information content (AvgIpc) is 2.16. The summed E-state index contributed by atoms with van der Waals surface area (Å²) in [6.45, 7) is 1.51. The largest absolute Gasteiger partial charge is 0.458 e. The van der Waals surface area contributed by atoms with Gasteiger partial charge in [0.15, 0.2) is 0 Å². The van der Waals surface area contributed by atoms with E-state index in [4.69, 9.17) is 0 Å². The van der Waals surface area contributed by atoms with Crippen LogP contribution < -0.4 is 0 Å². The highest BCUT2D eigenvalue weighted by Crippen LogP contribution is 1.96. The van der Waals surface area contributed by atoms with Crippen LogP contribution in [0.25, 0.3) is 0 Å². The van der Waals surface area contributed by atoms with Gasteiger partial charge in [-0.25, -0.2) is 18.4 Å². The highest BCUT2D eigenvalue weighted by molar-refractivity contribution is 6.29. The molecule has 0 amide bonds. The molecule has 0 unspecified atom stereocenters. The molecule has 4 nitrogen and oxygen atoms in total. The molecule has 0 bridgehead atoms. The van der Waals surface area contributed by atoms with Crippen molar-refractivity contribution >= 4 is 11.9 Å². The summed E-state index contributed by atoms with van der Waals surface area (Å²) >= 11 is 0. The summed E-state index contributed by atoms with van der Waals surface area (Å²) in [5.41, 5.74) is 0. The maximum atomic E-state index is 11.6. The van der Waals surface area contributed by atoms with Crippen molar-refractivity contribution in [3.8, 4) is 0 Å². The number of esters is 2. The highest BCUT2D eigenvalue weighted by atomic mass is 19.3. The summed E-state index contributed by atoms with van der Waals surface area (Å²) in [4.78, 5) is 21.4. The van der Waals surface area contributed by atoms with Crippen LogP contribution in [0.3, 0.4) is 0 Å². The summed E-state index contributed by atoms with van der Waals surface area (Å²) in [6, 6.07) is 0. The molecule has 0 N–H and O–H groups in total. The maximum Gasteiger partial charge on any atom is 0.417 e. The number of alkyl halides is 2. The van der Waals surface area contributed by atoms with E-state index >= 15 is 0 Å². The molecule has 0 aliphatic rings. The molecule has 0 aliphatic carbocycles. The first-order valence-electron chi connectivity index (χ1n) is 4.36. The lowest BCUT2D eigenvalue weighted by molar-refractivity contribution is -0.167. The van der Waals surface area contributed by atoms with Gasteiger partial charge in [0.05, 0.1) is 13.2 Å². The molecule has 15 heavy (non-hydrogen) atoms. The van der Waals surface area contributed by atoms with Gasteiger partial charge in [-0.3, -0.25) is 0 Å². The summed E-state index contributed by atoms with van der Waals surface area (Å²) < 4.78 is 31.9. The molecule has 0 spiro atoms. The summed E-state index contributed by atoms with van der Waals surface area (Å²) in [6.07, 6.45) is -0.540. The Balaban J connectivity index is 3.59. The number of allylic oxidation sites excluding steroid dienone is 1. The Morgan fingerprint density at radius 1 is 1.27 bits per heavy atom. The van der Waals surface area contributed by atoms with E-state index in [1.807, 2.05) is 0 Å². The molecule has 0 heterocycles. The number of hydrogen-bond acceptors (Lipinski definition) is 4. The number of halogens is 2. The minimum atomic E-state index is -2.52. The van der Waals surface area contributed by atoms with E-state index in [0.717, 1.165) is 0 Å². The topological polar surface area (TPSA) is 52.6 Å². The van der Waals surface area contributed by atoms with E-state index in [1.165, 1.54) is 6.08 Å². The number of ether oxygens (including phenoxy) is 2. The van der Waals surface area contributed by atoms with Crippen LogP contribution in [0, 0.1) is 0 Å². The van der Waals surface area contributed by atoms with Crippen molar-refractivity contribution in [2.75, 3.05) is 13.2 Å². The Kier molecular flexibility index (Phi) is 7.13. The Hall–Kier alpha value is -1.46. The molecular weight excluding hydrogens is 210 g/mol. The maximum absolute atomic E-state index is 11.6. The van der Waals surface area contributed by atoms with Crippen molar-refractivity contribution in [3.05, 3.63) is 12.2 Å². The van der Waals surface area contributed by atoms with Gasteiger partial charge in [-0.1, -0.05) is 6.08 Å². The van der Waals surface area contributed by atoms with Gasteiger partial charge < -0.3 is 9.47 Å². The monoisotopic (exact) mass is 222 g/mol. The van der Waals surface area contributed by atoms with Crippen LogP contribution in [0.2, 0.25) is 0 Å². The molecule has 0 aromatic rings. The molecule has 0 aliphatic heterocycles. The zero-order valence-electron chi connectivity index (χ0n) is 8.24. The van der Waals surface area contributed by atoms with Crippen LogP contribution in [0.4, 0.5) is 8.78 Å². The lowest BCUT2D eigenvalue weighted by atomic mass is 10.4. The minimum absolute atomic E-state index is 0.0826. The van der Waals surface area contributed by atoms with E-state index in [-0.39, 0.29) is 19.6 Å². The Morgan fingerprint density at radius 3 is 2.40 bits per heavy atom. The van der Waals surface area contributed by atoms with E-state index in [1.54, 1.807) is 6.92 Å². The van der Waals surface area contributed by atoms with E-state index in [2.05, 4.69) is 9.47 Å². The van der Waals surface area contributed by atoms with Crippen LogP contribution in [-0.4, -0.2) is 31.6 Å². The Labute approximate surface area is 85.9 Å². The second kappa shape index (κ2) is 7.90. The molecule has 0 atom stereocenters. The second-order valence-corrected chi connectivity index (χ2v) is 2.41. The molecule has 0 rings (SSSR count). The van der Waals surface area contributed by atoms with Gasteiger partial charge in [0.1, 0.15) is 0 Å². The predicted molar refractivity (Wildman–Crippen MR) is 47.4 cm³/mol. The van der Waals surface area contributed by atoms with E-state index < -0.39 is 18.4 Å². The van der Waals surface area contributed by atoms with Crippen LogP contribution >= 0.6 is 0 Å². The van der Waals surface area contributed by atoms with Gasteiger partial charge in [0.2, 0.25) is 0 Å². The van der Waals surface area contributed by atoms with Crippen molar-refractivity contribution in [2.24, 2.45) is 0 Å². The second-order valence-electron chi connectivity index (χ2n) is 2.41. The normalized spacial score (nSPS) is 10.7. The molecule has 0 fully saturated rings. The van der Waals surface area contributed by atoms with Crippen molar-refractivity contribution < 1.29 is 27.8 Å². The zero-order chi connectivity index (χ0) is 11.7. The molecule has 86 valence electrons. The van der Waals surface area contributed by atoms with Crippen molar-refractivity contribution in [2.45, 2.75) is 19.8 Å². The molecule has 0 aromatic heterocycles. The van der Waals surface area contributed by atoms with Crippen LogP contribution in [0.5, 0.6) is 0 Å². The summed E-state index contributed by atoms with van der Waals surface area (Å²) in [7, 11) is 0. The van der Waals surface area contributed by atoms with Gasteiger partial charge in [-0.2, -0.15) is 0 Å². The van der Waals surface area contributed by atoms with Crippen molar-refractivity contribution in [1.82, 2.24) is 0 Å².